The van der Waals surface area contributed by atoms with Gasteiger partial charge in [-0.3, -0.25) is 14.5 Å². The zero-order chi connectivity index (χ0) is 16.0. The molecule has 114 valence electrons. The van der Waals surface area contributed by atoms with Crippen molar-refractivity contribution >= 4 is 50.0 Å². The van der Waals surface area contributed by atoms with E-state index >= 15 is 0 Å². The van der Waals surface area contributed by atoms with Crippen LogP contribution in [0.1, 0.15) is 4.88 Å². The summed E-state index contributed by atoms with van der Waals surface area (Å²) < 4.78 is 2.14. The van der Waals surface area contributed by atoms with Gasteiger partial charge in [-0.25, -0.2) is 0 Å². The summed E-state index contributed by atoms with van der Waals surface area (Å²) in [7, 11) is 0. The molecule has 3 heterocycles. The van der Waals surface area contributed by atoms with Crippen molar-refractivity contribution in [1.82, 2.24) is 4.57 Å². The maximum atomic E-state index is 12.1. The molecule has 4 rings (SSSR count). The van der Waals surface area contributed by atoms with Crippen molar-refractivity contribution in [1.29, 1.82) is 0 Å². The van der Waals surface area contributed by atoms with Gasteiger partial charge in [0.15, 0.2) is 0 Å². The van der Waals surface area contributed by atoms with Crippen LogP contribution in [0.2, 0.25) is 0 Å². The molecule has 0 aliphatic carbocycles. The molecule has 0 bridgehead atoms. The highest BCUT2D eigenvalue weighted by molar-refractivity contribution is 8.27. The smallest absolute Gasteiger partial charge is 0.298 e. The molecular weight excluding hydrogens is 328 g/mol. The molecule has 0 N–H and O–H groups in total. The highest BCUT2D eigenvalue weighted by Crippen LogP contribution is 2.37. The Kier molecular flexibility index (Phi) is 3.36. The topological polar surface area (TPSA) is 42.3 Å². The molecule has 4 nitrogen and oxygen atoms in total. The molecule has 1 fully saturated rings. The number of carbonyl (C=O) groups excluding carboxylic acids is 2. The van der Waals surface area contributed by atoms with Gasteiger partial charge in [0, 0.05) is 28.2 Å². The first kappa shape index (κ1) is 14.3. The second-order valence-corrected chi connectivity index (χ2v) is 7.13. The third-order valence-corrected chi connectivity index (χ3v) is 5.45. The van der Waals surface area contributed by atoms with Crippen LogP contribution < -0.4 is 4.90 Å². The molecule has 0 atom stereocenters. The van der Waals surface area contributed by atoms with Gasteiger partial charge in [-0.05, 0) is 29.6 Å². The fraction of sp³-hybridized carbons (Fsp3) is 0.0588. The van der Waals surface area contributed by atoms with Crippen LogP contribution in [0.3, 0.4) is 0 Å². The van der Waals surface area contributed by atoms with Gasteiger partial charge in [-0.1, -0.05) is 18.7 Å². The number of carbonyl (C=O) groups is 2. The monoisotopic (exact) mass is 340 g/mol. The van der Waals surface area contributed by atoms with Crippen LogP contribution in [0.15, 0.2) is 60.3 Å². The van der Waals surface area contributed by atoms with Gasteiger partial charge < -0.3 is 4.57 Å². The van der Waals surface area contributed by atoms with Crippen LogP contribution in [-0.2, 0) is 11.3 Å². The molecule has 1 aromatic carbocycles. The van der Waals surface area contributed by atoms with Crippen LogP contribution in [0.4, 0.5) is 10.5 Å². The molecule has 1 aliphatic rings. The van der Waals surface area contributed by atoms with E-state index in [1.165, 1.54) is 9.78 Å². The standard InChI is InChI=1S/C17H12N2O2S2/c1-11-16(20)23-17(21)19(11)15-6-2-5-14-13(15)7-8-18(14)10-12-4-3-9-22-12/h2-9H,1,10H2. The minimum atomic E-state index is -0.293. The number of thioether (sulfide) groups is 1. The molecular formula is C17H12N2O2S2. The molecule has 2 aromatic heterocycles. The molecule has 0 unspecified atom stereocenters. The van der Waals surface area contributed by atoms with Crippen molar-refractivity contribution in [2.45, 2.75) is 6.54 Å². The number of anilines is 1. The lowest BCUT2D eigenvalue weighted by Crippen LogP contribution is -2.20. The molecule has 1 aliphatic heterocycles. The molecule has 23 heavy (non-hydrogen) atoms. The average Bonchev–Trinajstić information content (AvgIpc) is 3.23. The average molecular weight is 340 g/mol. The van der Waals surface area contributed by atoms with Gasteiger partial charge in [0.1, 0.15) is 0 Å². The first-order chi connectivity index (χ1) is 11.1. The second-order valence-electron chi connectivity index (χ2n) is 5.17. The van der Waals surface area contributed by atoms with Gasteiger partial charge in [-0.15, -0.1) is 11.3 Å². The lowest BCUT2D eigenvalue weighted by atomic mass is 10.2. The third kappa shape index (κ3) is 2.31. The third-order valence-electron chi connectivity index (χ3n) is 3.81. The number of fused-ring (bicyclic) bond motifs is 1. The number of thiophene rings is 1. The predicted molar refractivity (Wildman–Crippen MR) is 95.0 cm³/mol. The largest absolute Gasteiger partial charge is 0.342 e. The van der Waals surface area contributed by atoms with Crippen molar-refractivity contribution in [3.63, 3.8) is 0 Å². The number of amides is 1. The summed E-state index contributed by atoms with van der Waals surface area (Å²) in [6.07, 6.45) is 2.01. The van der Waals surface area contributed by atoms with E-state index < -0.39 is 0 Å². The van der Waals surface area contributed by atoms with Gasteiger partial charge in [0.25, 0.3) is 5.24 Å². The van der Waals surface area contributed by atoms with Gasteiger partial charge in [0.2, 0.25) is 5.12 Å². The molecule has 0 spiro atoms. The number of hydrogen-bond acceptors (Lipinski definition) is 4. The lowest BCUT2D eigenvalue weighted by molar-refractivity contribution is -0.107. The Morgan fingerprint density at radius 1 is 1.09 bits per heavy atom. The fourth-order valence-electron chi connectivity index (χ4n) is 2.74. The van der Waals surface area contributed by atoms with E-state index in [1.807, 2.05) is 36.5 Å². The Balaban J connectivity index is 1.80. The molecule has 1 amide bonds. The Morgan fingerprint density at radius 3 is 2.65 bits per heavy atom. The SMILES string of the molecule is C=C1C(=O)SC(=O)N1c1cccc2c1ccn2Cc1cccs1. The van der Waals surface area contributed by atoms with E-state index in [0.29, 0.717) is 17.4 Å². The normalized spacial score (nSPS) is 15.1. The van der Waals surface area contributed by atoms with Crippen molar-refractivity contribution < 1.29 is 9.59 Å². The predicted octanol–water partition coefficient (Wildman–Crippen LogP) is 4.46. The quantitative estimate of drug-likeness (QED) is 0.661. The highest BCUT2D eigenvalue weighted by atomic mass is 32.2. The number of rotatable bonds is 3. The Hall–Kier alpha value is -2.31. The highest BCUT2D eigenvalue weighted by Gasteiger charge is 2.35. The van der Waals surface area contributed by atoms with Gasteiger partial charge in [-0.2, -0.15) is 0 Å². The number of nitrogens with zero attached hydrogens (tertiary/aromatic N) is 2. The van der Waals surface area contributed by atoms with Crippen LogP contribution in [-0.4, -0.2) is 14.9 Å². The maximum absolute atomic E-state index is 12.1. The van der Waals surface area contributed by atoms with Crippen LogP contribution in [0.25, 0.3) is 10.9 Å². The zero-order valence-electron chi connectivity index (χ0n) is 12.1. The first-order valence-electron chi connectivity index (χ1n) is 7.00. The van der Waals surface area contributed by atoms with Crippen LogP contribution >= 0.6 is 23.1 Å². The van der Waals surface area contributed by atoms with E-state index in [1.54, 1.807) is 11.3 Å². The van der Waals surface area contributed by atoms with E-state index in [2.05, 4.69) is 22.6 Å². The summed E-state index contributed by atoms with van der Waals surface area (Å²) in [4.78, 5) is 26.5. The number of benzene rings is 1. The van der Waals surface area contributed by atoms with Crippen molar-refractivity contribution in [2.75, 3.05) is 4.90 Å². The summed E-state index contributed by atoms with van der Waals surface area (Å²) in [6.45, 7) is 4.53. The lowest BCUT2D eigenvalue weighted by Gasteiger charge is -2.16. The maximum Gasteiger partial charge on any atom is 0.298 e. The minimum absolute atomic E-state index is 0.221. The fourth-order valence-corrected chi connectivity index (χ4v) is 4.11. The zero-order valence-corrected chi connectivity index (χ0v) is 13.7. The number of aromatic nitrogens is 1. The Morgan fingerprint density at radius 2 is 1.96 bits per heavy atom. The van der Waals surface area contributed by atoms with E-state index in [4.69, 9.17) is 0 Å². The van der Waals surface area contributed by atoms with E-state index in [9.17, 15) is 9.59 Å². The van der Waals surface area contributed by atoms with Crippen LogP contribution in [0, 0.1) is 0 Å². The Bertz CT molecular complexity index is 941. The van der Waals surface area contributed by atoms with Crippen molar-refractivity contribution in [3.05, 3.63) is 65.1 Å². The van der Waals surface area contributed by atoms with Crippen molar-refractivity contribution in [3.8, 4) is 0 Å². The molecule has 0 radical (unpaired) electrons. The summed E-state index contributed by atoms with van der Waals surface area (Å²) in [5.74, 6) is 0. The van der Waals surface area contributed by atoms with Crippen LogP contribution in [0.5, 0.6) is 0 Å². The molecule has 3 aromatic rings. The first-order valence-corrected chi connectivity index (χ1v) is 8.70. The summed E-state index contributed by atoms with van der Waals surface area (Å²) >= 11 is 2.41. The summed E-state index contributed by atoms with van der Waals surface area (Å²) in [6, 6.07) is 11.9. The van der Waals surface area contributed by atoms with E-state index in [0.717, 1.165) is 17.4 Å². The second kappa shape index (κ2) is 5.40. The molecule has 6 heteroatoms. The van der Waals surface area contributed by atoms with Gasteiger partial charge in [0.05, 0.1) is 23.4 Å². The summed E-state index contributed by atoms with van der Waals surface area (Å²) in [5, 5.41) is 2.42. The number of hydrogen-bond donors (Lipinski definition) is 0. The van der Waals surface area contributed by atoms with Crippen molar-refractivity contribution in [2.24, 2.45) is 0 Å². The molecule has 0 saturated carbocycles. The van der Waals surface area contributed by atoms with Gasteiger partial charge >= 0.3 is 0 Å². The molecule has 1 saturated heterocycles. The summed E-state index contributed by atoms with van der Waals surface area (Å²) in [5.41, 5.74) is 1.96. The Labute approximate surface area is 141 Å². The van der Waals surface area contributed by atoms with E-state index in [-0.39, 0.29) is 16.1 Å². The minimum Gasteiger partial charge on any atom is -0.342 e.